The Labute approximate surface area is 109 Å². The van der Waals surface area contributed by atoms with Gasteiger partial charge in [0.15, 0.2) is 0 Å². The number of hydrogen-bond acceptors (Lipinski definition) is 3. The highest BCUT2D eigenvalue weighted by molar-refractivity contribution is 5.57. The van der Waals surface area contributed by atoms with Gasteiger partial charge in [0.25, 0.3) is 0 Å². The van der Waals surface area contributed by atoms with Crippen molar-refractivity contribution >= 4 is 5.82 Å². The Morgan fingerprint density at radius 3 is 2.56 bits per heavy atom. The highest BCUT2D eigenvalue weighted by atomic mass is 15.2. The predicted octanol–water partition coefficient (Wildman–Crippen LogP) is 1.90. The maximum Gasteiger partial charge on any atom is 0.122 e. The third-order valence-corrected chi connectivity index (χ3v) is 4.63. The number of nitrogen functional groups attached to an aromatic ring is 1. The molecule has 0 bridgehead atoms. The van der Waals surface area contributed by atoms with E-state index in [1.165, 1.54) is 6.42 Å². The van der Waals surface area contributed by atoms with Crippen LogP contribution in [0.15, 0.2) is 0 Å². The van der Waals surface area contributed by atoms with Crippen LogP contribution >= 0.6 is 0 Å². The molecule has 2 rings (SSSR count). The van der Waals surface area contributed by atoms with Crippen molar-refractivity contribution in [3.8, 4) is 6.07 Å². The smallest absolute Gasteiger partial charge is 0.122 e. The summed E-state index contributed by atoms with van der Waals surface area (Å²) in [7, 11) is 2.17. The molecule has 98 valence electrons. The zero-order chi connectivity index (χ0) is 13.4. The molecule has 1 aliphatic rings. The van der Waals surface area contributed by atoms with E-state index in [0.717, 1.165) is 24.3 Å². The van der Waals surface area contributed by atoms with Gasteiger partial charge in [0.1, 0.15) is 11.9 Å². The van der Waals surface area contributed by atoms with E-state index in [9.17, 15) is 0 Å². The molecule has 1 fully saturated rings. The van der Waals surface area contributed by atoms with E-state index < -0.39 is 0 Å². The molecule has 1 aromatic rings. The van der Waals surface area contributed by atoms with Gasteiger partial charge in [-0.1, -0.05) is 0 Å². The maximum atomic E-state index is 9.14. The first-order valence-electron chi connectivity index (χ1n) is 6.52. The molecule has 1 saturated heterocycles. The molecule has 0 aromatic carbocycles. The van der Waals surface area contributed by atoms with E-state index >= 15 is 0 Å². The number of likely N-dealkylation sites (tertiary alicyclic amines) is 1. The Morgan fingerprint density at radius 2 is 2.11 bits per heavy atom. The van der Waals surface area contributed by atoms with Crippen LogP contribution in [0.4, 0.5) is 5.82 Å². The summed E-state index contributed by atoms with van der Waals surface area (Å²) < 4.78 is 2.12. The van der Waals surface area contributed by atoms with Crippen molar-refractivity contribution in [3.63, 3.8) is 0 Å². The lowest BCUT2D eigenvalue weighted by molar-refractivity contribution is 0.277. The first-order chi connectivity index (χ1) is 8.47. The minimum atomic E-state index is 0.581. The van der Waals surface area contributed by atoms with Crippen LogP contribution in [0.3, 0.4) is 0 Å². The average molecular weight is 246 g/mol. The fourth-order valence-corrected chi connectivity index (χ4v) is 2.92. The molecule has 2 atom stereocenters. The van der Waals surface area contributed by atoms with E-state index in [0.29, 0.717) is 23.3 Å². The van der Waals surface area contributed by atoms with Crippen LogP contribution in [0.1, 0.15) is 30.2 Å². The summed E-state index contributed by atoms with van der Waals surface area (Å²) in [6, 6.07) is 2.79. The average Bonchev–Trinajstić information content (AvgIpc) is 2.75. The molecule has 0 amide bonds. The second-order valence-electron chi connectivity index (χ2n) is 5.46. The summed E-state index contributed by atoms with van der Waals surface area (Å²) in [5, 5.41) is 9.14. The van der Waals surface area contributed by atoms with Gasteiger partial charge in [-0.15, -0.1) is 0 Å². The highest BCUT2D eigenvalue weighted by Gasteiger charge is 2.29. The summed E-state index contributed by atoms with van der Waals surface area (Å²) in [4.78, 5) is 2.39. The molecular formula is C14H22N4. The summed E-state index contributed by atoms with van der Waals surface area (Å²) >= 11 is 0. The van der Waals surface area contributed by atoms with Crippen LogP contribution in [0.2, 0.25) is 0 Å². The van der Waals surface area contributed by atoms with Crippen molar-refractivity contribution in [2.75, 3.05) is 19.3 Å². The number of nitrogens with two attached hydrogens (primary N) is 1. The first-order valence-corrected chi connectivity index (χ1v) is 6.52. The van der Waals surface area contributed by atoms with Crippen LogP contribution in [-0.4, -0.2) is 29.1 Å². The number of nitrogens with zero attached hydrogens (tertiary/aromatic N) is 3. The Balaban J connectivity index is 2.28. The second-order valence-corrected chi connectivity index (χ2v) is 5.46. The van der Waals surface area contributed by atoms with Crippen molar-refractivity contribution in [1.82, 2.24) is 9.47 Å². The normalized spacial score (nSPS) is 24.4. The molecule has 1 aliphatic heterocycles. The minimum Gasteiger partial charge on any atom is -0.384 e. The van der Waals surface area contributed by atoms with Crippen molar-refractivity contribution in [3.05, 3.63) is 16.8 Å². The number of rotatable bonds is 2. The van der Waals surface area contributed by atoms with Gasteiger partial charge in [-0.2, -0.15) is 5.26 Å². The fraction of sp³-hybridized carbons (Fsp3) is 0.643. The van der Waals surface area contributed by atoms with Gasteiger partial charge in [0.05, 0.1) is 5.56 Å². The van der Waals surface area contributed by atoms with E-state index in [1.807, 2.05) is 6.92 Å². The topological polar surface area (TPSA) is 58.0 Å². The molecule has 0 saturated carbocycles. The lowest BCUT2D eigenvalue weighted by Crippen LogP contribution is -2.28. The van der Waals surface area contributed by atoms with Gasteiger partial charge in [-0.25, -0.2) is 0 Å². The van der Waals surface area contributed by atoms with Gasteiger partial charge in [-0.05, 0) is 52.3 Å². The standard InChI is InChI=1S/C14H22N4/c1-9-10(2)18(14(16)13(9)7-15)8-12-5-6-17(4)11(12)3/h11-12H,5-6,8,16H2,1-4H3. The molecule has 2 unspecified atom stereocenters. The van der Waals surface area contributed by atoms with Crippen molar-refractivity contribution < 1.29 is 0 Å². The molecule has 4 nitrogen and oxygen atoms in total. The van der Waals surface area contributed by atoms with E-state index in [1.54, 1.807) is 0 Å². The zero-order valence-electron chi connectivity index (χ0n) is 11.7. The van der Waals surface area contributed by atoms with E-state index in [2.05, 4.69) is 36.4 Å². The van der Waals surface area contributed by atoms with Gasteiger partial charge in [0.2, 0.25) is 0 Å². The number of aromatic nitrogens is 1. The van der Waals surface area contributed by atoms with E-state index in [-0.39, 0.29) is 0 Å². The third-order valence-electron chi connectivity index (χ3n) is 4.63. The maximum absolute atomic E-state index is 9.14. The van der Waals surface area contributed by atoms with E-state index in [4.69, 9.17) is 11.0 Å². The molecule has 2 heterocycles. The lowest BCUT2D eigenvalue weighted by atomic mass is 10.0. The Bertz CT molecular complexity index is 495. The summed E-state index contributed by atoms with van der Waals surface area (Å²) in [6.07, 6.45) is 1.20. The van der Waals surface area contributed by atoms with Crippen LogP contribution in [-0.2, 0) is 6.54 Å². The zero-order valence-corrected chi connectivity index (χ0v) is 11.7. The minimum absolute atomic E-state index is 0.581. The molecule has 0 spiro atoms. The van der Waals surface area contributed by atoms with Gasteiger partial charge in [0, 0.05) is 18.3 Å². The van der Waals surface area contributed by atoms with Gasteiger partial charge in [-0.3, -0.25) is 0 Å². The van der Waals surface area contributed by atoms with Crippen molar-refractivity contribution in [2.24, 2.45) is 5.92 Å². The van der Waals surface area contributed by atoms with Crippen molar-refractivity contribution in [1.29, 1.82) is 5.26 Å². The largest absolute Gasteiger partial charge is 0.384 e. The predicted molar refractivity (Wildman–Crippen MR) is 73.2 cm³/mol. The molecular weight excluding hydrogens is 224 g/mol. The third kappa shape index (κ3) is 1.89. The lowest BCUT2D eigenvalue weighted by Gasteiger charge is -2.22. The number of nitriles is 1. The number of anilines is 1. The Morgan fingerprint density at radius 1 is 1.44 bits per heavy atom. The summed E-state index contributed by atoms with van der Waals surface area (Å²) in [5.74, 6) is 1.25. The Hall–Kier alpha value is -1.47. The quantitative estimate of drug-likeness (QED) is 0.867. The highest BCUT2D eigenvalue weighted by Crippen LogP contribution is 2.29. The monoisotopic (exact) mass is 246 g/mol. The Kier molecular flexibility index (Phi) is 3.36. The molecule has 1 aromatic heterocycles. The van der Waals surface area contributed by atoms with Gasteiger partial charge < -0.3 is 15.2 Å². The number of hydrogen-bond donors (Lipinski definition) is 1. The van der Waals surface area contributed by atoms with Crippen LogP contribution < -0.4 is 5.73 Å². The molecule has 4 heteroatoms. The summed E-state index contributed by atoms with van der Waals surface area (Å²) in [5.41, 5.74) is 8.90. The van der Waals surface area contributed by atoms with Crippen LogP contribution in [0.5, 0.6) is 0 Å². The molecule has 18 heavy (non-hydrogen) atoms. The summed E-state index contributed by atoms with van der Waals surface area (Å²) in [6.45, 7) is 8.37. The van der Waals surface area contributed by atoms with Crippen LogP contribution in [0.25, 0.3) is 0 Å². The molecule has 0 radical (unpaired) electrons. The molecule has 2 N–H and O–H groups in total. The molecule has 0 aliphatic carbocycles. The van der Waals surface area contributed by atoms with Gasteiger partial charge >= 0.3 is 0 Å². The van der Waals surface area contributed by atoms with Crippen LogP contribution in [0, 0.1) is 31.1 Å². The van der Waals surface area contributed by atoms with Crippen molar-refractivity contribution in [2.45, 2.75) is 39.8 Å². The second kappa shape index (κ2) is 4.66. The first kappa shape index (κ1) is 13.0. The SMILES string of the molecule is Cc1c(C#N)c(N)n(CC2CCN(C)C2C)c1C. The fourth-order valence-electron chi connectivity index (χ4n) is 2.92.